The summed E-state index contributed by atoms with van der Waals surface area (Å²) in [7, 11) is 0. The molecule has 0 saturated heterocycles. The summed E-state index contributed by atoms with van der Waals surface area (Å²) in [6, 6.07) is 20.0. The highest BCUT2D eigenvalue weighted by molar-refractivity contribution is 8.00. The summed E-state index contributed by atoms with van der Waals surface area (Å²) < 4.78 is 14.3. The fourth-order valence-corrected chi connectivity index (χ4v) is 5.29. The first-order valence-electron chi connectivity index (χ1n) is 9.72. The Bertz CT molecular complexity index is 1250. The summed E-state index contributed by atoms with van der Waals surface area (Å²) in [6.45, 7) is 0. The van der Waals surface area contributed by atoms with E-state index in [1.165, 1.54) is 41.2 Å². The highest BCUT2D eigenvalue weighted by Crippen LogP contribution is 2.40. The van der Waals surface area contributed by atoms with Gasteiger partial charge in [-0.15, -0.1) is 23.1 Å². The van der Waals surface area contributed by atoms with Crippen LogP contribution in [0.4, 0.5) is 15.8 Å². The van der Waals surface area contributed by atoms with E-state index in [4.69, 9.17) is 5.73 Å². The number of hydrogen-bond donors (Lipinski definition) is 2. The topological polar surface area (TPSA) is 55.1 Å². The highest BCUT2D eigenvalue weighted by Gasteiger charge is 2.22. The minimum Gasteiger partial charge on any atom is -0.397 e. The maximum absolute atomic E-state index is 13.2. The van der Waals surface area contributed by atoms with Gasteiger partial charge in [-0.3, -0.25) is 4.79 Å². The molecule has 0 spiro atoms. The lowest BCUT2D eigenvalue weighted by Gasteiger charge is -2.10. The van der Waals surface area contributed by atoms with Gasteiger partial charge >= 0.3 is 0 Å². The van der Waals surface area contributed by atoms with Gasteiger partial charge in [0.15, 0.2) is 0 Å². The molecule has 4 aromatic rings. The molecule has 150 valence electrons. The summed E-state index contributed by atoms with van der Waals surface area (Å²) in [5.41, 5.74) is 8.84. The Morgan fingerprint density at radius 2 is 1.77 bits per heavy atom. The van der Waals surface area contributed by atoms with Crippen molar-refractivity contribution >= 4 is 50.5 Å². The van der Waals surface area contributed by atoms with E-state index in [1.54, 1.807) is 18.2 Å². The second kappa shape index (κ2) is 7.78. The van der Waals surface area contributed by atoms with Crippen molar-refractivity contribution in [2.24, 2.45) is 0 Å². The van der Waals surface area contributed by atoms with Gasteiger partial charge in [-0.25, -0.2) is 4.39 Å². The standard InChI is InChI=1S/C24H19FN2OS2/c25-17-4-1-14(2-5-17)15-3-9-20(26)21(12-15)27-24(28)23-13-16-11-19(29-18-6-7-18)8-10-22(16)30-23/h1-5,8-13,18H,6-7,26H2,(H,27,28). The molecule has 1 aromatic heterocycles. The lowest BCUT2D eigenvalue weighted by Crippen LogP contribution is -2.11. The van der Waals surface area contributed by atoms with Crippen molar-refractivity contribution in [2.45, 2.75) is 23.0 Å². The van der Waals surface area contributed by atoms with E-state index in [-0.39, 0.29) is 11.7 Å². The number of nitrogens with two attached hydrogens (primary N) is 1. The molecule has 0 atom stereocenters. The molecule has 3 aromatic carbocycles. The molecule has 0 aliphatic heterocycles. The molecule has 1 heterocycles. The quantitative estimate of drug-likeness (QED) is 0.340. The van der Waals surface area contributed by atoms with Crippen molar-refractivity contribution in [3.8, 4) is 11.1 Å². The zero-order valence-corrected chi connectivity index (χ0v) is 17.7. The lowest BCUT2D eigenvalue weighted by atomic mass is 10.0. The van der Waals surface area contributed by atoms with E-state index in [1.807, 2.05) is 30.0 Å². The van der Waals surface area contributed by atoms with Gasteiger partial charge in [0.1, 0.15) is 5.82 Å². The first kappa shape index (κ1) is 19.2. The molecule has 6 heteroatoms. The van der Waals surface area contributed by atoms with Gasteiger partial charge in [-0.05, 0) is 77.9 Å². The molecule has 1 saturated carbocycles. The normalized spacial score (nSPS) is 13.5. The lowest BCUT2D eigenvalue weighted by molar-refractivity contribution is 0.103. The van der Waals surface area contributed by atoms with Gasteiger partial charge in [-0.2, -0.15) is 0 Å². The van der Waals surface area contributed by atoms with Crippen LogP contribution in [0, 0.1) is 5.82 Å². The van der Waals surface area contributed by atoms with Gasteiger partial charge in [0.05, 0.1) is 16.3 Å². The van der Waals surface area contributed by atoms with Gasteiger partial charge in [0.2, 0.25) is 0 Å². The molecule has 1 amide bonds. The number of benzene rings is 3. The second-order valence-electron chi connectivity index (χ2n) is 7.39. The molecular formula is C24H19FN2OS2. The largest absolute Gasteiger partial charge is 0.397 e. The van der Waals surface area contributed by atoms with Gasteiger partial charge in [0, 0.05) is 14.8 Å². The summed E-state index contributed by atoms with van der Waals surface area (Å²) in [5, 5.41) is 4.77. The fourth-order valence-electron chi connectivity index (χ4n) is 3.26. The number of hydrogen-bond acceptors (Lipinski definition) is 4. The van der Waals surface area contributed by atoms with Crippen LogP contribution in [0.1, 0.15) is 22.5 Å². The first-order valence-corrected chi connectivity index (χ1v) is 11.4. The third kappa shape index (κ3) is 4.06. The number of halogens is 1. The predicted molar refractivity (Wildman–Crippen MR) is 125 cm³/mol. The minimum absolute atomic E-state index is 0.185. The maximum atomic E-state index is 13.2. The number of amides is 1. The van der Waals surface area contributed by atoms with Gasteiger partial charge in [-0.1, -0.05) is 18.2 Å². The smallest absolute Gasteiger partial charge is 0.265 e. The second-order valence-corrected chi connectivity index (χ2v) is 9.85. The highest BCUT2D eigenvalue weighted by atomic mass is 32.2. The number of nitrogen functional groups attached to an aromatic ring is 1. The van der Waals surface area contributed by atoms with Crippen LogP contribution in [0.3, 0.4) is 0 Å². The molecule has 3 N–H and O–H groups in total. The van der Waals surface area contributed by atoms with E-state index in [0.29, 0.717) is 16.3 Å². The third-order valence-corrected chi connectivity index (χ3v) is 7.46. The number of rotatable bonds is 5. The van der Waals surface area contributed by atoms with Crippen molar-refractivity contribution in [3.63, 3.8) is 0 Å². The van der Waals surface area contributed by atoms with Crippen LogP contribution < -0.4 is 11.1 Å². The monoisotopic (exact) mass is 434 g/mol. The molecule has 3 nitrogen and oxygen atoms in total. The van der Waals surface area contributed by atoms with Crippen LogP contribution in [-0.2, 0) is 0 Å². The molecule has 0 radical (unpaired) electrons. The third-order valence-electron chi connectivity index (χ3n) is 5.02. The van der Waals surface area contributed by atoms with Crippen molar-refractivity contribution in [1.82, 2.24) is 0 Å². The predicted octanol–water partition coefficient (Wildman–Crippen LogP) is 6.80. The number of thiophene rings is 1. The van der Waals surface area contributed by atoms with Crippen molar-refractivity contribution in [3.05, 3.63) is 77.4 Å². The average Bonchev–Trinajstić information content (AvgIpc) is 3.45. The number of anilines is 2. The number of carbonyl (C=O) groups is 1. The molecule has 0 bridgehead atoms. The molecule has 30 heavy (non-hydrogen) atoms. The average molecular weight is 435 g/mol. The van der Waals surface area contributed by atoms with E-state index >= 15 is 0 Å². The van der Waals surface area contributed by atoms with Crippen LogP contribution >= 0.6 is 23.1 Å². The molecule has 5 rings (SSSR count). The van der Waals surface area contributed by atoms with E-state index in [2.05, 4.69) is 23.5 Å². The van der Waals surface area contributed by atoms with Gasteiger partial charge < -0.3 is 11.1 Å². The van der Waals surface area contributed by atoms with Crippen molar-refractivity contribution in [2.75, 3.05) is 11.1 Å². The van der Waals surface area contributed by atoms with Gasteiger partial charge in [0.25, 0.3) is 5.91 Å². The summed E-state index contributed by atoms with van der Waals surface area (Å²) in [5.74, 6) is -0.471. The molecule has 1 aliphatic rings. The Kier molecular flexibility index (Phi) is 4.97. The molecule has 0 unspecified atom stereocenters. The first-order chi connectivity index (χ1) is 14.5. The van der Waals surface area contributed by atoms with Crippen LogP contribution in [-0.4, -0.2) is 11.2 Å². The maximum Gasteiger partial charge on any atom is 0.265 e. The number of carbonyl (C=O) groups excluding carboxylic acids is 1. The molecule has 1 aliphatic carbocycles. The van der Waals surface area contributed by atoms with Crippen molar-refractivity contribution < 1.29 is 9.18 Å². The fraction of sp³-hybridized carbons (Fsp3) is 0.125. The van der Waals surface area contributed by atoms with E-state index in [0.717, 1.165) is 26.5 Å². The number of nitrogens with one attached hydrogen (secondary N) is 1. The van der Waals surface area contributed by atoms with Crippen LogP contribution in [0.5, 0.6) is 0 Å². The molecule has 1 fully saturated rings. The summed E-state index contributed by atoms with van der Waals surface area (Å²) in [4.78, 5) is 14.8. The van der Waals surface area contributed by atoms with E-state index in [9.17, 15) is 9.18 Å². The zero-order chi connectivity index (χ0) is 20.7. The van der Waals surface area contributed by atoms with Crippen molar-refractivity contribution in [1.29, 1.82) is 0 Å². The van der Waals surface area contributed by atoms with Crippen LogP contribution in [0.2, 0.25) is 0 Å². The summed E-state index contributed by atoms with van der Waals surface area (Å²) >= 11 is 3.38. The number of fused-ring (bicyclic) bond motifs is 1. The Balaban J connectivity index is 1.39. The Hall–Kier alpha value is -2.83. The van der Waals surface area contributed by atoms with Crippen LogP contribution in [0.15, 0.2) is 71.6 Å². The zero-order valence-electron chi connectivity index (χ0n) is 16.0. The Labute approximate surface area is 182 Å². The Morgan fingerprint density at radius 1 is 1.00 bits per heavy atom. The molecular weight excluding hydrogens is 415 g/mol. The minimum atomic E-state index is -0.286. The SMILES string of the molecule is Nc1ccc(-c2ccc(F)cc2)cc1NC(=O)c1cc2cc(SC3CC3)ccc2s1. The Morgan fingerprint density at radius 3 is 2.53 bits per heavy atom. The van der Waals surface area contributed by atoms with E-state index < -0.39 is 0 Å². The summed E-state index contributed by atoms with van der Waals surface area (Å²) in [6.07, 6.45) is 2.58. The number of thioether (sulfide) groups is 1. The van der Waals surface area contributed by atoms with Crippen LogP contribution in [0.25, 0.3) is 21.2 Å².